The molecule has 2 heterocycles. The van der Waals surface area contributed by atoms with Gasteiger partial charge in [-0.2, -0.15) is 5.26 Å². The number of aliphatic hydroxyl groups excluding tert-OH is 1. The number of hydrogen-bond donors (Lipinski definition) is 1. The molecule has 0 aliphatic carbocycles. The number of benzene rings is 3. The lowest BCUT2D eigenvalue weighted by atomic mass is 10.1. The second-order valence-electron chi connectivity index (χ2n) is 11.9. The summed E-state index contributed by atoms with van der Waals surface area (Å²) in [6.07, 6.45) is -0.409. The number of para-hydroxylation sites is 1. The van der Waals surface area contributed by atoms with Crippen LogP contribution in [0.3, 0.4) is 0 Å². The van der Waals surface area contributed by atoms with Crippen LogP contribution in [0.15, 0.2) is 71.5 Å². The van der Waals surface area contributed by atoms with Gasteiger partial charge in [0.25, 0.3) is 5.56 Å². The van der Waals surface area contributed by atoms with E-state index in [2.05, 4.69) is 15.9 Å². The van der Waals surface area contributed by atoms with Crippen LogP contribution in [0.1, 0.15) is 31.7 Å². The minimum Gasteiger partial charge on any atom is -0.489 e. The molecule has 3 aromatic carbocycles. The molecule has 10 nitrogen and oxygen atoms in total. The Morgan fingerprint density at radius 2 is 1.80 bits per heavy atom. The van der Waals surface area contributed by atoms with Crippen LogP contribution in [0.25, 0.3) is 16.6 Å². The number of piperazine rings is 1. The molecule has 1 atom stereocenters. The fourth-order valence-electron chi connectivity index (χ4n) is 5.58. The highest BCUT2D eigenvalue weighted by molar-refractivity contribution is 6.30. The number of hydrogen-bond acceptors (Lipinski definition) is 9. The van der Waals surface area contributed by atoms with Gasteiger partial charge in [0.05, 0.1) is 35.3 Å². The molecule has 1 aliphatic heterocycles. The van der Waals surface area contributed by atoms with Gasteiger partial charge in [0.1, 0.15) is 30.2 Å². The summed E-state index contributed by atoms with van der Waals surface area (Å²) in [5.41, 5.74) is 2.14. The predicted molar refractivity (Wildman–Crippen MR) is 179 cm³/mol. The summed E-state index contributed by atoms with van der Waals surface area (Å²) in [5.74, 6) is 1.88. The highest BCUT2D eigenvalue weighted by Crippen LogP contribution is 2.28. The van der Waals surface area contributed by atoms with Crippen molar-refractivity contribution in [2.75, 3.05) is 46.4 Å². The van der Waals surface area contributed by atoms with Crippen LogP contribution in [0.5, 0.6) is 11.5 Å². The van der Waals surface area contributed by atoms with Crippen molar-refractivity contribution in [3.05, 3.63) is 93.5 Å². The Kier molecular flexibility index (Phi) is 11.3. The van der Waals surface area contributed by atoms with E-state index in [4.69, 9.17) is 31.3 Å². The van der Waals surface area contributed by atoms with Gasteiger partial charge in [-0.25, -0.2) is 4.98 Å². The molecule has 46 heavy (non-hydrogen) atoms. The average Bonchev–Trinajstić information content (AvgIpc) is 3.04. The maximum atomic E-state index is 14.2. The molecule has 1 aromatic heterocycles. The second-order valence-corrected chi connectivity index (χ2v) is 12.3. The minimum atomic E-state index is -0.750. The molecule has 0 spiro atoms. The van der Waals surface area contributed by atoms with E-state index < -0.39 is 6.23 Å². The molecule has 11 heteroatoms. The quantitative estimate of drug-likeness (QED) is 0.222. The SMILES string of the molecule is CC(C)Oc1ccc(CN(C)CCC#N)cc1-n1c(CN2CCN(C(O)COc3ccc(Cl)cc3)CC2)nc2ccccc2c1=O. The van der Waals surface area contributed by atoms with Crippen LogP contribution in [0, 0.1) is 11.3 Å². The zero-order valence-corrected chi connectivity index (χ0v) is 27.4. The van der Waals surface area contributed by atoms with E-state index in [1.165, 1.54) is 0 Å². The molecule has 0 saturated carbocycles. The Labute approximate surface area is 275 Å². The molecule has 242 valence electrons. The average molecular weight is 645 g/mol. The first kappa shape index (κ1) is 33.4. The van der Waals surface area contributed by atoms with Crippen molar-refractivity contribution in [3.8, 4) is 23.3 Å². The van der Waals surface area contributed by atoms with E-state index in [9.17, 15) is 9.90 Å². The van der Waals surface area contributed by atoms with Gasteiger partial charge in [-0.05, 0) is 75.0 Å². The van der Waals surface area contributed by atoms with E-state index in [0.29, 0.717) is 91.2 Å². The Hall–Kier alpha value is -3.98. The number of ether oxygens (including phenoxy) is 2. The maximum Gasteiger partial charge on any atom is 0.266 e. The Morgan fingerprint density at radius 3 is 2.52 bits per heavy atom. The number of fused-ring (bicyclic) bond motifs is 1. The summed E-state index contributed by atoms with van der Waals surface area (Å²) in [6, 6.07) is 22.6. The number of nitriles is 1. The van der Waals surface area contributed by atoms with Gasteiger partial charge >= 0.3 is 0 Å². The van der Waals surface area contributed by atoms with E-state index >= 15 is 0 Å². The highest BCUT2D eigenvalue weighted by atomic mass is 35.5. The van der Waals surface area contributed by atoms with Crippen LogP contribution in [-0.4, -0.2) is 88.1 Å². The van der Waals surface area contributed by atoms with Crippen LogP contribution < -0.4 is 15.0 Å². The molecule has 1 aliphatic rings. The van der Waals surface area contributed by atoms with Crippen molar-refractivity contribution in [3.63, 3.8) is 0 Å². The third kappa shape index (κ3) is 8.43. The van der Waals surface area contributed by atoms with Gasteiger partial charge < -0.3 is 19.5 Å². The first-order chi connectivity index (χ1) is 22.2. The molecule has 0 bridgehead atoms. The van der Waals surface area contributed by atoms with Gasteiger partial charge in [-0.15, -0.1) is 0 Å². The molecule has 0 radical (unpaired) electrons. The molecule has 1 saturated heterocycles. The summed E-state index contributed by atoms with van der Waals surface area (Å²) >= 11 is 5.96. The van der Waals surface area contributed by atoms with Gasteiger partial charge in [-0.1, -0.05) is 29.8 Å². The fraction of sp³-hybridized carbons (Fsp3) is 0.400. The molecule has 1 N–H and O–H groups in total. The number of nitrogens with zero attached hydrogens (tertiary/aromatic N) is 6. The summed E-state index contributed by atoms with van der Waals surface area (Å²) in [7, 11) is 1.98. The van der Waals surface area contributed by atoms with Gasteiger partial charge in [-0.3, -0.25) is 19.2 Å². The number of halogens is 1. The van der Waals surface area contributed by atoms with Crippen molar-refractivity contribution in [2.24, 2.45) is 0 Å². The van der Waals surface area contributed by atoms with Gasteiger partial charge in [0.15, 0.2) is 0 Å². The van der Waals surface area contributed by atoms with E-state index in [1.807, 2.05) is 62.2 Å². The summed E-state index contributed by atoms with van der Waals surface area (Å²) in [5, 5.41) is 21.0. The maximum absolute atomic E-state index is 14.2. The van der Waals surface area contributed by atoms with Crippen molar-refractivity contribution in [1.82, 2.24) is 24.3 Å². The second kappa shape index (κ2) is 15.5. The molecule has 1 fully saturated rings. The first-order valence-electron chi connectivity index (χ1n) is 15.6. The fourth-order valence-corrected chi connectivity index (χ4v) is 5.71. The van der Waals surface area contributed by atoms with Crippen molar-refractivity contribution in [2.45, 2.75) is 45.7 Å². The standard InChI is InChI=1S/C35H41ClN6O4/c1-25(2)46-32-14-9-26(22-39(3)16-6-15-37)21-31(32)42-33(38-30-8-5-4-7-29(30)35(42)44)23-40-17-19-41(20-18-40)34(43)24-45-28-12-10-27(36)11-13-28/h4-5,7-14,21,25,34,43H,6,16-20,22-24H2,1-3H3. The van der Waals surface area contributed by atoms with Crippen molar-refractivity contribution >= 4 is 22.5 Å². The number of aliphatic hydroxyl groups is 1. The van der Waals surface area contributed by atoms with E-state index in [0.717, 1.165) is 5.56 Å². The van der Waals surface area contributed by atoms with E-state index in [-0.39, 0.29) is 18.3 Å². The van der Waals surface area contributed by atoms with Crippen molar-refractivity contribution in [1.29, 1.82) is 5.26 Å². The van der Waals surface area contributed by atoms with Crippen LogP contribution in [0.4, 0.5) is 0 Å². The lowest BCUT2D eigenvalue weighted by Gasteiger charge is -2.37. The van der Waals surface area contributed by atoms with Crippen molar-refractivity contribution < 1.29 is 14.6 Å². The topological polar surface area (TPSA) is 107 Å². The van der Waals surface area contributed by atoms with Crippen LogP contribution in [-0.2, 0) is 13.1 Å². The van der Waals surface area contributed by atoms with Gasteiger partial charge in [0, 0.05) is 50.7 Å². The number of aromatic nitrogens is 2. The third-order valence-electron chi connectivity index (χ3n) is 7.94. The smallest absolute Gasteiger partial charge is 0.266 e. The van der Waals surface area contributed by atoms with Crippen LogP contribution >= 0.6 is 11.6 Å². The predicted octanol–water partition coefficient (Wildman–Crippen LogP) is 4.69. The molecule has 0 amide bonds. The summed E-state index contributed by atoms with van der Waals surface area (Å²) in [4.78, 5) is 25.5. The zero-order chi connectivity index (χ0) is 32.6. The minimum absolute atomic E-state index is 0.0985. The third-order valence-corrected chi connectivity index (χ3v) is 8.19. The summed E-state index contributed by atoms with van der Waals surface area (Å²) < 4.78 is 13.7. The Bertz CT molecular complexity index is 1710. The Balaban J connectivity index is 1.39. The Morgan fingerprint density at radius 1 is 1.07 bits per heavy atom. The first-order valence-corrected chi connectivity index (χ1v) is 16.0. The lowest BCUT2D eigenvalue weighted by Crippen LogP contribution is -2.51. The monoisotopic (exact) mass is 644 g/mol. The molecular weight excluding hydrogens is 604 g/mol. The van der Waals surface area contributed by atoms with Gasteiger partial charge in [0.2, 0.25) is 0 Å². The molecule has 1 unspecified atom stereocenters. The molecule has 5 rings (SSSR count). The summed E-state index contributed by atoms with van der Waals surface area (Å²) in [6.45, 7) is 8.41. The largest absolute Gasteiger partial charge is 0.489 e. The highest BCUT2D eigenvalue weighted by Gasteiger charge is 2.25. The van der Waals surface area contributed by atoms with E-state index in [1.54, 1.807) is 34.9 Å². The number of rotatable bonds is 13. The molecular formula is C35H41ClN6O4. The van der Waals surface area contributed by atoms with Crippen LogP contribution in [0.2, 0.25) is 5.02 Å². The normalized spacial score (nSPS) is 14.9. The lowest BCUT2D eigenvalue weighted by molar-refractivity contribution is -0.0505. The molecule has 4 aromatic rings. The zero-order valence-electron chi connectivity index (χ0n) is 26.6.